The summed E-state index contributed by atoms with van der Waals surface area (Å²) in [5, 5.41) is 2.95. The van der Waals surface area contributed by atoms with Crippen LogP contribution in [0.4, 0.5) is 10.5 Å². The molecule has 1 fully saturated rings. The Bertz CT molecular complexity index is 490. The van der Waals surface area contributed by atoms with Crippen LogP contribution < -0.4 is 14.8 Å². The van der Waals surface area contributed by atoms with Crippen LogP contribution in [0.1, 0.15) is 32.6 Å². The number of hydrogen-bond acceptors (Lipinski definition) is 3. The van der Waals surface area contributed by atoms with Crippen LogP contribution in [0.3, 0.4) is 0 Å². The second-order valence-electron chi connectivity index (χ2n) is 5.25. The molecule has 1 heterocycles. The molecule has 0 radical (unpaired) electrons. The zero-order valence-corrected chi connectivity index (χ0v) is 13.0. The Labute approximate surface area is 126 Å². The Morgan fingerprint density at radius 1 is 1.29 bits per heavy atom. The van der Waals surface area contributed by atoms with E-state index in [0.717, 1.165) is 31.5 Å². The average Bonchev–Trinajstić information content (AvgIpc) is 2.54. The molecule has 1 saturated heterocycles. The van der Waals surface area contributed by atoms with E-state index >= 15 is 0 Å². The summed E-state index contributed by atoms with van der Waals surface area (Å²) < 4.78 is 10.5. The zero-order chi connectivity index (χ0) is 15.2. The second-order valence-corrected chi connectivity index (χ2v) is 5.25. The van der Waals surface area contributed by atoms with Crippen molar-refractivity contribution in [3.05, 3.63) is 18.2 Å². The highest BCUT2D eigenvalue weighted by Gasteiger charge is 2.25. The fourth-order valence-corrected chi connectivity index (χ4v) is 2.80. The number of anilines is 1. The quantitative estimate of drug-likeness (QED) is 0.924. The van der Waals surface area contributed by atoms with Gasteiger partial charge in [-0.2, -0.15) is 0 Å². The number of methoxy groups -OCH3 is 2. The number of likely N-dealkylation sites (tertiary alicyclic amines) is 1. The molecule has 2 amide bonds. The van der Waals surface area contributed by atoms with Crippen LogP contribution in [0.25, 0.3) is 0 Å². The normalized spacial score (nSPS) is 18.2. The molecule has 0 aliphatic carbocycles. The predicted molar refractivity (Wildman–Crippen MR) is 83.2 cm³/mol. The summed E-state index contributed by atoms with van der Waals surface area (Å²) in [6.07, 6.45) is 4.38. The lowest BCUT2D eigenvalue weighted by Crippen LogP contribution is -2.45. The molecule has 0 unspecified atom stereocenters. The van der Waals surface area contributed by atoms with Gasteiger partial charge in [-0.3, -0.25) is 0 Å². The summed E-state index contributed by atoms with van der Waals surface area (Å²) in [5.41, 5.74) is 0.720. The van der Waals surface area contributed by atoms with Crippen molar-refractivity contribution in [2.24, 2.45) is 0 Å². The number of rotatable bonds is 4. The molecule has 1 aliphatic heterocycles. The number of ether oxygens (including phenoxy) is 2. The summed E-state index contributed by atoms with van der Waals surface area (Å²) in [6, 6.07) is 5.71. The molecule has 0 spiro atoms. The first-order valence-corrected chi connectivity index (χ1v) is 7.49. The molecule has 116 valence electrons. The van der Waals surface area contributed by atoms with Gasteiger partial charge in [0.1, 0.15) is 0 Å². The SMILES string of the molecule is CC[C@H]1CCCCN1C(=O)Nc1ccc(OC)c(OC)c1. The van der Waals surface area contributed by atoms with E-state index in [-0.39, 0.29) is 6.03 Å². The van der Waals surface area contributed by atoms with Crippen molar-refractivity contribution in [3.63, 3.8) is 0 Å². The van der Waals surface area contributed by atoms with Gasteiger partial charge in [-0.25, -0.2) is 4.79 Å². The Balaban J connectivity index is 2.08. The second kappa shape index (κ2) is 7.20. The third-order valence-corrected chi connectivity index (χ3v) is 3.99. The number of nitrogens with zero attached hydrogens (tertiary/aromatic N) is 1. The number of hydrogen-bond donors (Lipinski definition) is 1. The molecule has 1 atom stereocenters. The first kappa shape index (κ1) is 15.5. The lowest BCUT2D eigenvalue weighted by atomic mass is 10.0. The largest absolute Gasteiger partial charge is 0.493 e. The van der Waals surface area contributed by atoms with Crippen LogP contribution in [-0.4, -0.2) is 37.7 Å². The van der Waals surface area contributed by atoms with Gasteiger partial charge < -0.3 is 19.7 Å². The molecule has 2 rings (SSSR count). The average molecular weight is 292 g/mol. The van der Waals surface area contributed by atoms with E-state index in [4.69, 9.17) is 9.47 Å². The van der Waals surface area contributed by atoms with Crippen molar-refractivity contribution in [2.75, 3.05) is 26.1 Å². The van der Waals surface area contributed by atoms with Crippen LogP contribution in [0.15, 0.2) is 18.2 Å². The molecular weight excluding hydrogens is 268 g/mol. The van der Waals surface area contributed by atoms with Crippen LogP contribution in [0.5, 0.6) is 11.5 Å². The first-order valence-electron chi connectivity index (χ1n) is 7.49. The van der Waals surface area contributed by atoms with E-state index < -0.39 is 0 Å². The van der Waals surface area contributed by atoms with Crippen molar-refractivity contribution in [1.29, 1.82) is 0 Å². The van der Waals surface area contributed by atoms with Gasteiger partial charge in [0.25, 0.3) is 0 Å². The molecule has 0 aromatic heterocycles. The Kier molecular flexibility index (Phi) is 5.31. The van der Waals surface area contributed by atoms with E-state index in [9.17, 15) is 4.79 Å². The van der Waals surface area contributed by atoms with E-state index in [0.29, 0.717) is 17.5 Å². The Hall–Kier alpha value is -1.91. The zero-order valence-electron chi connectivity index (χ0n) is 13.0. The summed E-state index contributed by atoms with van der Waals surface area (Å²) in [4.78, 5) is 14.4. The van der Waals surface area contributed by atoms with Crippen molar-refractivity contribution < 1.29 is 14.3 Å². The van der Waals surface area contributed by atoms with Crippen LogP contribution >= 0.6 is 0 Å². The highest BCUT2D eigenvalue weighted by Crippen LogP contribution is 2.30. The summed E-state index contributed by atoms with van der Waals surface area (Å²) in [7, 11) is 3.18. The molecule has 1 aliphatic rings. The number of benzene rings is 1. The van der Waals surface area contributed by atoms with E-state index in [1.54, 1.807) is 26.4 Å². The predicted octanol–water partition coefficient (Wildman–Crippen LogP) is 3.50. The van der Waals surface area contributed by atoms with Gasteiger partial charge >= 0.3 is 6.03 Å². The molecule has 5 nitrogen and oxygen atoms in total. The molecule has 1 aromatic carbocycles. The minimum absolute atomic E-state index is 0.0335. The van der Waals surface area contributed by atoms with Gasteiger partial charge in [0.2, 0.25) is 0 Å². The van der Waals surface area contributed by atoms with Crippen molar-refractivity contribution in [3.8, 4) is 11.5 Å². The smallest absolute Gasteiger partial charge is 0.322 e. The minimum atomic E-state index is -0.0335. The lowest BCUT2D eigenvalue weighted by molar-refractivity contribution is 0.160. The maximum Gasteiger partial charge on any atom is 0.322 e. The molecule has 1 N–H and O–H groups in total. The molecular formula is C16H24N2O3. The monoisotopic (exact) mass is 292 g/mol. The van der Waals surface area contributed by atoms with Crippen LogP contribution in [-0.2, 0) is 0 Å². The van der Waals surface area contributed by atoms with Crippen molar-refractivity contribution in [2.45, 2.75) is 38.6 Å². The van der Waals surface area contributed by atoms with E-state index in [2.05, 4.69) is 12.2 Å². The highest BCUT2D eigenvalue weighted by atomic mass is 16.5. The fourth-order valence-electron chi connectivity index (χ4n) is 2.80. The van der Waals surface area contributed by atoms with Gasteiger partial charge in [0.15, 0.2) is 11.5 Å². The molecule has 1 aromatic rings. The minimum Gasteiger partial charge on any atom is -0.493 e. The van der Waals surface area contributed by atoms with Gasteiger partial charge in [0.05, 0.1) is 14.2 Å². The van der Waals surface area contributed by atoms with Gasteiger partial charge in [-0.1, -0.05) is 6.92 Å². The van der Waals surface area contributed by atoms with E-state index in [1.807, 2.05) is 11.0 Å². The number of piperidine rings is 1. The lowest BCUT2D eigenvalue weighted by Gasteiger charge is -2.35. The third kappa shape index (κ3) is 3.60. The van der Waals surface area contributed by atoms with Gasteiger partial charge in [-0.15, -0.1) is 0 Å². The molecule has 0 bridgehead atoms. The van der Waals surface area contributed by atoms with Gasteiger partial charge in [0, 0.05) is 24.3 Å². The standard InChI is InChI=1S/C16H24N2O3/c1-4-13-7-5-6-10-18(13)16(19)17-12-8-9-14(20-2)15(11-12)21-3/h8-9,11,13H,4-7,10H2,1-3H3,(H,17,19)/t13-/m0/s1. The maximum atomic E-state index is 12.4. The molecule has 21 heavy (non-hydrogen) atoms. The van der Waals surface area contributed by atoms with Gasteiger partial charge in [-0.05, 0) is 37.8 Å². The number of carbonyl (C=O) groups is 1. The number of nitrogens with one attached hydrogen (secondary N) is 1. The number of urea groups is 1. The third-order valence-electron chi connectivity index (χ3n) is 3.99. The van der Waals surface area contributed by atoms with E-state index in [1.165, 1.54) is 6.42 Å². The molecule has 5 heteroatoms. The topological polar surface area (TPSA) is 50.8 Å². The maximum absolute atomic E-state index is 12.4. The number of amides is 2. The van der Waals surface area contributed by atoms with Crippen molar-refractivity contribution >= 4 is 11.7 Å². The first-order chi connectivity index (χ1) is 10.2. The fraction of sp³-hybridized carbons (Fsp3) is 0.562. The van der Waals surface area contributed by atoms with Crippen LogP contribution in [0.2, 0.25) is 0 Å². The van der Waals surface area contributed by atoms with Crippen molar-refractivity contribution in [1.82, 2.24) is 4.90 Å². The summed E-state index contributed by atoms with van der Waals surface area (Å²) >= 11 is 0. The Morgan fingerprint density at radius 3 is 2.71 bits per heavy atom. The number of carbonyl (C=O) groups excluding carboxylic acids is 1. The van der Waals surface area contributed by atoms with Crippen LogP contribution in [0, 0.1) is 0 Å². The molecule has 0 saturated carbocycles. The highest BCUT2D eigenvalue weighted by molar-refractivity contribution is 5.90. The summed E-state index contributed by atoms with van der Waals surface area (Å²) in [6.45, 7) is 2.96. The summed E-state index contributed by atoms with van der Waals surface area (Å²) in [5.74, 6) is 1.26. The Morgan fingerprint density at radius 2 is 2.05 bits per heavy atom.